The molecule has 70 heavy (non-hydrogen) atoms. The van der Waals surface area contributed by atoms with E-state index in [1.165, 1.54) is 116 Å². The van der Waals surface area contributed by atoms with Gasteiger partial charge in [-0.1, -0.05) is 235 Å². The Labute approximate surface area is 416 Å². The molecule has 0 spiro atoms. The number of fused-ring (bicyclic) bond motifs is 4. The summed E-state index contributed by atoms with van der Waals surface area (Å²) in [5.74, 6) is 0.576. The van der Waals surface area contributed by atoms with Crippen LogP contribution in [0.4, 0.5) is 17.1 Å². The van der Waals surface area contributed by atoms with Gasteiger partial charge in [-0.25, -0.2) is 0 Å². The van der Waals surface area contributed by atoms with Crippen molar-refractivity contribution >= 4 is 61.7 Å². The van der Waals surface area contributed by atoms with Crippen molar-refractivity contribution in [1.29, 1.82) is 0 Å². The highest BCUT2D eigenvalue weighted by Gasteiger charge is 2.40. The minimum atomic E-state index is -0.0211. The SMILES string of the molecule is CCC(Cc1ccccc1)c1cc(-c2cc(-c3c4ccccc4c(-c4ccccc4)c4ccccc34)cc(C(C)C)c2)cc2c1B(c1ccccc1C)c1cc(C(C)(C)C)ccc1N2c1ccccc1. The van der Waals surface area contributed by atoms with Crippen molar-refractivity contribution < 1.29 is 0 Å². The van der Waals surface area contributed by atoms with Crippen LogP contribution in [-0.4, -0.2) is 6.71 Å². The van der Waals surface area contributed by atoms with E-state index in [2.05, 4.69) is 266 Å². The highest BCUT2D eigenvalue weighted by atomic mass is 15.1. The largest absolute Gasteiger partial charge is 0.311 e. The molecule has 2 heteroatoms. The van der Waals surface area contributed by atoms with Crippen molar-refractivity contribution in [3.63, 3.8) is 0 Å². The molecular formula is C68H62BN. The molecule has 10 aromatic rings. The van der Waals surface area contributed by atoms with Gasteiger partial charge in [-0.2, -0.15) is 0 Å². The van der Waals surface area contributed by atoms with Crippen LogP contribution in [0.2, 0.25) is 0 Å². The topological polar surface area (TPSA) is 3.24 Å². The monoisotopic (exact) mass is 903 g/mol. The van der Waals surface area contributed by atoms with Gasteiger partial charge in [-0.3, -0.25) is 0 Å². The number of para-hydroxylation sites is 1. The molecule has 342 valence electrons. The predicted molar refractivity (Wildman–Crippen MR) is 304 cm³/mol. The van der Waals surface area contributed by atoms with E-state index in [0.29, 0.717) is 5.92 Å². The average Bonchev–Trinajstić information content (AvgIpc) is 3.39. The maximum Gasteiger partial charge on any atom is 0.247 e. The molecule has 0 aromatic heterocycles. The average molecular weight is 904 g/mol. The van der Waals surface area contributed by atoms with Gasteiger partial charge in [0.1, 0.15) is 0 Å². The first kappa shape index (κ1) is 45.1. The van der Waals surface area contributed by atoms with Crippen LogP contribution in [-0.2, 0) is 11.8 Å². The zero-order chi connectivity index (χ0) is 48.1. The van der Waals surface area contributed by atoms with Crippen LogP contribution in [0.15, 0.2) is 212 Å². The third-order valence-electron chi connectivity index (χ3n) is 15.2. The molecular weight excluding hydrogens is 842 g/mol. The maximum absolute atomic E-state index is 2.61. The summed E-state index contributed by atoms with van der Waals surface area (Å²) < 4.78 is 0. The molecule has 0 N–H and O–H groups in total. The standard InChI is InChI=1S/C68H62BN/c1-8-48(38-47-25-12-9-13-26-47)60-42-52(43-64-67(60)69(61-35-23-18-24-46(61)4)62-44-54(68(5,6)7)36-37-63(62)70(64)55-29-16-11-17-30-55)51-39-50(45(2)3)40-53(41-51)66-58-33-21-19-31-56(58)65(49-27-14-10-15-28-49)57-32-20-22-34-59(57)66/h9-37,39-45,48H,8,38H2,1-7H3. The Bertz CT molecular complexity index is 3470. The second-order valence-electron chi connectivity index (χ2n) is 21.0. The molecule has 11 rings (SSSR count). The first-order chi connectivity index (χ1) is 34.1. The van der Waals surface area contributed by atoms with Gasteiger partial charge in [0, 0.05) is 17.1 Å². The van der Waals surface area contributed by atoms with Crippen LogP contribution >= 0.6 is 0 Å². The van der Waals surface area contributed by atoms with E-state index in [1.54, 1.807) is 0 Å². The summed E-state index contributed by atoms with van der Waals surface area (Å²) >= 11 is 0. The number of benzene rings is 10. The quantitative estimate of drug-likeness (QED) is 0.0976. The minimum absolute atomic E-state index is 0.0211. The molecule has 1 atom stereocenters. The summed E-state index contributed by atoms with van der Waals surface area (Å²) in [5, 5.41) is 5.09. The lowest BCUT2D eigenvalue weighted by atomic mass is 9.33. The third-order valence-corrected chi connectivity index (χ3v) is 15.2. The van der Waals surface area contributed by atoms with E-state index in [4.69, 9.17) is 0 Å². The van der Waals surface area contributed by atoms with Gasteiger partial charge >= 0.3 is 0 Å². The Balaban J connectivity index is 1.24. The number of hydrogen-bond donors (Lipinski definition) is 0. The molecule has 0 aliphatic carbocycles. The number of hydrogen-bond acceptors (Lipinski definition) is 1. The van der Waals surface area contributed by atoms with Gasteiger partial charge in [-0.15, -0.1) is 0 Å². The summed E-state index contributed by atoms with van der Waals surface area (Å²) in [5.41, 5.74) is 22.2. The molecule has 1 unspecified atom stereocenters. The fraction of sp³-hybridized carbons (Fsp3) is 0.176. The van der Waals surface area contributed by atoms with Gasteiger partial charge in [0.25, 0.3) is 0 Å². The Hall–Kier alpha value is -7.42. The zero-order valence-corrected chi connectivity index (χ0v) is 41.8. The van der Waals surface area contributed by atoms with Crippen molar-refractivity contribution in [3.05, 3.63) is 240 Å². The Morgan fingerprint density at radius 1 is 0.486 bits per heavy atom. The highest BCUT2D eigenvalue weighted by Crippen LogP contribution is 2.47. The second kappa shape index (κ2) is 18.5. The highest BCUT2D eigenvalue weighted by molar-refractivity contribution is 6.98. The fourth-order valence-corrected chi connectivity index (χ4v) is 11.5. The Kier molecular flexibility index (Phi) is 11.9. The van der Waals surface area contributed by atoms with Crippen molar-refractivity contribution in [1.82, 2.24) is 0 Å². The van der Waals surface area contributed by atoms with E-state index in [-0.39, 0.29) is 18.0 Å². The molecule has 0 bridgehead atoms. The van der Waals surface area contributed by atoms with Gasteiger partial charge in [0.05, 0.1) is 0 Å². The van der Waals surface area contributed by atoms with Crippen molar-refractivity contribution in [2.75, 3.05) is 4.90 Å². The number of nitrogens with zero attached hydrogens (tertiary/aromatic N) is 1. The molecule has 0 saturated carbocycles. The molecule has 10 aromatic carbocycles. The summed E-state index contributed by atoms with van der Waals surface area (Å²) in [6.07, 6.45) is 1.96. The van der Waals surface area contributed by atoms with Crippen LogP contribution < -0.4 is 21.3 Å². The van der Waals surface area contributed by atoms with Crippen LogP contribution in [0, 0.1) is 6.92 Å². The number of aryl methyl sites for hydroxylation is 1. The number of anilines is 3. The van der Waals surface area contributed by atoms with Gasteiger partial charge in [0.2, 0.25) is 6.71 Å². The summed E-state index contributed by atoms with van der Waals surface area (Å²) in [6, 6.07) is 80.4. The van der Waals surface area contributed by atoms with E-state index in [9.17, 15) is 0 Å². The first-order valence-electron chi connectivity index (χ1n) is 25.5. The zero-order valence-electron chi connectivity index (χ0n) is 41.8. The second-order valence-corrected chi connectivity index (χ2v) is 21.0. The molecule has 1 nitrogen and oxygen atoms in total. The normalized spacial score (nSPS) is 12.9. The molecule has 1 heterocycles. The molecule has 1 aliphatic heterocycles. The van der Waals surface area contributed by atoms with Crippen molar-refractivity contribution in [2.45, 2.75) is 78.6 Å². The third kappa shape index (κ3) is 8.14. The number of rotatable bonds is 10. The van der Waals surface area contributed by atoms with Gasteiger partial charge in [0.15, 0.2) is 0 Å². The van der Waals surface area contributed by atoms with Crippen LogP contribution in [0.25, 0.3) is 54.9 Å². The molecule has 0 radical (unpaired) electrons. The summed E-state index contributed by atoms with van der Waals surface area (Å²) in [6.45, 7) is 16.4. The molecule has 0 saturated heterocycles. The molecule has 0 amide bonds. The van der Waals surface area contributed by atoms with E-state index in [0.717, 1.165) is 12.8 Å². The molecule has 0 fully saturated rings. The van der Waals surface area contributed by atoms with Crippen LogP contribution in [0.3, 0.4) is 0 Å². The van der Waals surface area contributed by atoms with Crippen LogP contribution in [0.1, 0.15) is 87.6 Å². The first-order valence-corrected chi connectivity index (χ1v) is 25.5. The fourth-order valence-electron chi connectivity index (χ4n) is 11.5. The van der Waals surface area contributed by atoms with Crippen molar-refractivity contribution in [2.24, 2.45) is 0 Å². The minimum Gasteiger partial charge on any atom is -0.311 e. The smallest absolute Gasteiger partial charge is 0.247 e. The van der Waals surface area contributed by atoms with Crippen molar-refractivity contribution in [3.8, 4) is 33.4 Å². The van der Waals surface area contributed by atoms with E-state index < -0.39 is 0 Å². The van der Waals surface area contributed by atoms with E-state index in [1.807, 2.05) is 0 Å². The predicted octanol–water partition coefficient (Wildman–Crippen LogP) is 16.8. The Morgan fingerprint density at radius 3 is 1.63 bits per heavy atom. The van der Waals surface area contributed by atoms with E-state index >= 15 is 0 Å². The Morgan fingerprint density at radius 2 is 1.03 bits per heavy atom. The van der Waals surface area contributed by atoms with Crippen LogP contribution in [0.5, 0.6) is 0 Å². The van der Waals surface area contributed by atoms with Gasteiger partial charge in [-0.05, 0) is 155 Å². The molecule has 1 aliphatic rings. The summed E-state index contributed by atoms with van der Waals surface area (Å²) in [4.78, 5) is 2.59. The lowest BCUT2D eigenvalue weighted by molar-refractivity contribution is 0.591. The van der Waals surface area contributed by atoms with Gasteiger partial charge < -0.3 is 4.90 Å². The maximum atomic E-state index is 2.61. The summed E-state index contributed by atoms with van der Waals surface area (Å²) in [7, 11) is 0. The lowest BCUT2D eigenvalue weighted by Gasteiger charge is -2.40. The lowest BCUT2D eigenvalue weighted by Crippen LogP contribution is -2.59.